The van der Waals surface area contributed by atoms with Crippen molar-refractivity contribution in [3.63, 3.8) is 0 Å². The molecule has 2 aromatic rings. The largest absolute Gasteiger partial charge is 0.391 e. The van der Waals surface area contributed by atoms with E-state index >= 15 is 0 Å². The summed E-state index contributed by atoms with van der Waals surface area (Å²) in [6, 6.07) is 8.11. The van der Waals surface area contributed by atoms with E-state index in [9.17, 15) is 13.5 Å². The lowest BCUT2D eigenvalue weighted by Crippen LogP contribution is -2.33. The van der Waals surface area contributed by atoms with E-state index in [-0.39, 0.29) is 0 Å². The molecule has 0 bridgehead atoms. The van der Waals surface area contributed by atoms with Crippen molar-refractivity contribution in [1.29, 1.82) is 0 Å². The Kier molecular flexibility index (Phi) is 4.55. The van der Waals surface area contributed by atoms with Crippen molar-refractivity contribution >= 4 is 33.0 Å². The van der Waals surface area contributed by atoms with Gasteiger partial charge in [0.05, 0.1) is 12.1 Å². The molecule has 1 fully saturated rings. The van der Waals surface area contributed by atoms with E-state index in [2.05, 4.69) is 0 Å². The summed E-state index contributed by atoms with van der Waals surface area (Å²) in [4.78, 5) is 0.992. The summed E-state index contributed by atoms with van der Waals surface area (Å²) in [5.41, 5.74) is 1.73. The number of aliphatic hydroxyl groups is 1. The molecule has 1 aromatic carbocycles. The van der Waals surface area contributed by atoms with Crippen LogP contribution in [0.1, 0.15) is 28.5 Å². The predicted molar refractivity (Wildman–Crippen MR) is 92.5 cm³/mol. The van der Waals surface area contributed by atoms with Crippen LogP contribution in [0.3, 0.4) is 0 Å². The summed E-state index contributed by atoms with van der Waals surface area (Å²) in [5, 5.41) is 10.9. The van der Waals surface area contributed by atoms with Crippen molar-refractivity contribution in [2.24, 2.45) is 0 Å². The van der Waals surface area contributed by atoms with E-state index in [0.717, 1.165) is 16.0 Å². The molecule has 4 nitrogen and oxygen atoms in total. The number of rotatable bonds is 3. The molecule has 7 heteroatoms. The summed E-state index contributed by atoms with van der Waals surface area (Å²) in [5.74, 6) is 0. The van der Waals surface area contributed by atoms with Crippen LogP contribution in [0.15, 0.2) is 34.5 Å². The molecule has 0 spiro atoms. The van der Waals surface area contributed by atoms with Crippen LogP contribution in [0, 0.1) is 13.8 Å². The van der Waals surface area contributed by atoms with Gasteiger partial charge < -0.3 is 5.11 Å². The number of benzene rings is 1. The van der Waals surface area contributed by atoms with E-state index in [0.29, 0.717) is 22.2 Å². The van der Waals surface area contributed by atoms with Crippen LogP contribution in [0.5, 0.6) is 0 Å². The van der Waals surface area contributed by atoms with Gasteiger partial charge in [-0.15, -0.1) is 11.3 Å². The zero-order valence-corrected chi connectivity index (χ0v) is 15.2. The number of sulfonamides is 1. The first-order valence-corrected chi connectivity index (χ1v) is 9.96. The summed E-state index contributed by atoms with van der Waals surface area (Å²) >= 11 is 7.18. The Balaban J connectivity index is 2.01. The molecule has 1 aliphatic rings. The third-order valence-corrected chi connectivity index (χ3v) is 7.97. The van der Waals surface area contributed by atoms with E-state index < -0.39 is 22.2 Å². The number of hydrogen-bond acceptors (Lipinski definition) is 4. The lowest BCUT2D eigenvalue weighted by molar-refractivity contribution is 0.143. The second-order valence-electron chi connectivity index (χ2n) is 5.77. The topological polar surface area (TPSA) is 57.6 Å². The highest BCUT2D eigenvalue weighted by Gasteiger charge is 2.42. The molecule has 0 aliphatic carbocycles. The molecule has 1 N–H and O–H groups in total. The van der Waals surface area contributed by atoms with Gasteiger partial charge in [-0.2, -0.15) is 4.31 Å². The van der Waals surface area contributed by atoms with Crippen LogP contribution < -0.4 is 0 Å². The molecule has 1 saturated heterocycles. The van der Waals surface area contributed by atoms with Crippen molar-refractivity contribution in [3.8, 4) is 0 Å². The smallest absolute Gasteiger partial charge is 0.253 e. The molecule has 0 amide bonds. The molecular weight excluding hydrogens is 354 g/mol. The van der Waals surface area contributed by atoms with Crippen LogP contribution in [0.4, 0.5) is 0 Å². The summed E-state index contributed by atoms with van der Waals surface area (Å²) in [6.45, 7) is 4.13. The second kappa shape index (κ2) is 6.18. The van der Waals surface area contributed by atoms with Crippen LogP contribution in [0.25, 0.3) is 0 Å². The first-order valence-electron chi connectivity index (χ1n) is 7.33. The Morgan fingerprint density at radius 3 is 2.48 bits per heavy atom. The van der Waals surface area contributed by atoms with E-state index in [1.165, 1.54) is 15.6 Å². The monoisotopic (exact) mass is 371 g/mol. The molecule has 1 aliphatic heterocycles. The van der Waals surface area contributed by atoms with Crippen molar-refractivity contribution < 1.29 is 13.5 Å². The average Bonchev–Trinajstić information content (AvgIpc) is 3.04. The lowest BCUT2D eigenvalue weighted by atomic mass is 10.0. The van der Waals surface area contributed by atoms with Crippen molar-refractivity contribution in [2.75, 3.05) is 6.54 Å². The Labute approximate surface area is 145 Å². The fourth-order valence-corrected chi connectivity index (χ4v) is 6.28. The standard InChI is InChI=1S/C16H18ClNO3S2/c1-10-9-15(22-11(10)2)23(20,21)18-8-7-14(19)16(18)12-3-5-13(17)6-4-12/h3-6,9,14,16,19H,7-8H2,1-2H3/t14-,16-/m1/s1. The van der Waals surface area contributed by atoms with E-state index in [1.54, 1.807) is 30.3 Å². The summed E-state index contributed by atoms with van der Waals surface area (Å²) < 4.78 is 27.7. The maximum Gasteiger partial charge on any atom is 0.253 e. The molecule has 3 rings (SSSR count). The van der Waals surface area contributed by atoms with Gasteiger partial charge in [-0.25, -0.2) is 8.42 Å². The molecule has 0 saturated carbocycles. The van der Waals surface area contributed by atoms with Crippen LogP contribution >= 0.6 is 22.9 Å². The molecule has 1 aromatic heterocycles. The first-order chi connectivity index (χ1) is 10.8. The number of aliphatic hydroxyl groups excluding tert-OH is 1. The zero-order valence-electron chi connectivity index (χ0n) is 12.9. The van der Waals surface area contributed by atoms with Gasteiger partial charge in [-0.1, -0.05) is 23.7 Å². The molecule has 2 heterocycles. The van der Waals surface area contributed by atoms with Gasteiger partial charge in [-0.3, -0.25) is 0 Å². The molecule has 0 radical (unpaired) electrons. The molecular formula is C16H18ClNO3S2. The Morgan fingerprint density at radius 2 is 1.91 bits per heavy atom. The fraction of sp³-hybridized carbons (Fsp3) is 0.375. The van der Waals surface area contributed by atoms with Gasteiger partial charge in [0, 0.05) is 16.4 Å². The highest BCUT2D eigenvalue weighted by Crippen LogP contribution is 2.39. The quantitative estimate of drug-likeness (QED) is 0.898. The maximum atomic E-state index is 13.0. The van der Waals surface area contributed by atoms with E-state index in [4.69, 9.17) is 11.6 Å². The third-order valence-electron chi connectivity index (χ3n) is 4.24. The fourth-order valence-electron chi connectivity index (χ4n) is 2.85. The Bertz CT molecular complexity index is 795. The van der Waals surface area contributed by atoms with Gasteiger partial charge in [-0.05, 0) is 49.6 Å². The molecule has 2 atom stereocenters. The molecule has 124 valence electrons. The Hall–Kier alpha value is -0.920. The van der Waals surface area contributed by atoms with Crippen molar-refractivity contribution in [3.05, 3.63) is 51.4 Å². The van der Waals surface area contributed by atoms with Crippen LogP contribution in [-0.2, 0) is 10.0 Å². The minimum absolute atomic E-state index is 0.312. The minimum Gasteiger partial charge on any atom is -0.391 e. The first kappa shape index (κ1) is 16.9. The number of hydrogen-bond donors (Lipinski definition) is 1. The normalized spacial score (nSPS) is 22.6. The number of halogens is 1. The van der Waals surface area contributed by atoms with Gasteiger partial charge in [0.25, 0.3) is 10.0 Å². The summed E-state index contributed by atoms with van der Waals surface area (Å²) in [6.07, 6.45) is -0.288. The molecule has 23 heavy (non-hydrogen) atoms. The Morgan fingerprint density at radius 1 is 1.26 bits per heavy atom. The number of thiophene rings is 1. The average molecular weight is 372 g/mol. The number of aryl methyl sites for hydroxylation is 2. The van der Waals surface area contributed by atoms with Crippen LogP contribution in [0.2, 0.25) is 5.02 Å². The van der Waals surface area contributed by atoms with Gasteiger partial charge in [0.15, 0.2) is 0 Å². The van der Waals surface area contributed by atoms with Crippen LogP contribution in [-0.4, -0.2) is 30.5 Å². The van der Waals surface area contributed by atoms with Crippen molar-refractivity contribution in [2.45, 2.75) is 36.6 Å². The van der Waals surface area contributed by atoms with E-state index in [1.807, 2.05) is 13.8 Å². The minimum atomic E-state index is -3.62. The summed E-state index contributed by atoms with van der Waals surface area (Å²) in [7, 11) is -3.62. The highest BCUT2D eigenvalue weighted by atomic mass is 35.5. The predicted octanol–water partition coefficient (Wildman–Crippen LogP) is 3.51. The van der Waals surface area contributed by atoms with Gasteiger partial charge in [0.1, 0.15) is 4.21 Å². The van der Waals surface area contributed by atoms with Crippen molar-refractivity contribution in [1.82, 2.24) is 4.31 Å². The lowest BCUT2D eigenvalue weighted by Gasteiger charge is -2.25. The second-order valence-corrected chi connectivity index (χ2v) is 9.58. The highest BCUT2D eigenvalue weighted by molar-refractivity contribution is 7.91. The maximum absolute atomic E-state index is 13.0. The number of nitrogens with zero attached hydrogens (tertiary/aromatic N) is 1. The SMILES string of the molecule is Cc1cc(S(=O)(=O)N2CC[C@@H](O)[C@H]2c2ccc(Cl)cc2)sc1C. The molecule has 0 unspecified atom stereocenters. The third kappa shape index (κ3) is 3.06. The van der Waals surface area contributed by atoms with Gasteiger partial charge in [0.2, 0.25) is 0 Å². The zero-order chi connectivity index (χ0) is 16.8. The van der Waals surface area contributed by atoms with Gasteiger partial charge >= 0.3 is 0 Å².